The number of anilines is 1. The zero-order chi connectivity index (χ0) is 17.1. The highest BCUT2D eigenvalue weighted by Gasteiger charge is 2.21. The van der Waals surface area contributed by atoms with Crippen LogP contribution in [0.1, 0.15) is 19.0 Å². The Kier molecular flexibility index (Phi) is 5.15. The van der Waals surface area contributed by atoms with Gasteiger partial charge in [0, 0.05) is 52.3 Å². The van der Waals surface area contributed by atoms with Crippen LogP contribution in [0.15, 0.2) is 17.4 Å². The minimum atomic E-state index is 0.102. The van der Waals surface area contributed by atoms with E-state index in [1.54, 1.807) is 13.1 Å². The number of carbonyl (C=O) groups is 1. The number of halogens is 1. The molecule has 0 bridgehead atoms. The standard InChI is InChI=1S/C15H19ClN6OS/c1-10(23)21-4-6-22(7-5-21)15(24)20-19-12-2-3-17-13-8-11(16)9-18-14(12)13/h8-9,17H,2-7H2,1H3,(H,20,24)/b19-12-. The van der Waals surface area contributed by atoms with Gasteiger partial charge in [-0.25, -0.2) is 0 Å². The maximum atomic E-state index is 11.4. The van der Waals surface area contributed by atoms with Crippen molar-refractivity contribution in [3.05, 3.63) is 23.0 Å². The van der Waals surface area contributed by atoms with Gasteiger partial charge < -0.3 is 15.1 Å². The SMILES string of the molecule is CC(=O)N1CCN(C(=S)N/N=C2/CCNc3cc(Cl)cnc32)CC1. The van der Waals surface area contributed by atoms with Crippen molar-refractivity contribution in [2.45, 2.75) is 13.3 Å². The summed E-state index contributed by atoms with van der Waals surface area (Å²) in [7, 11) is 0. The first kappa shape index (κ1) is 16.9. The molecule has 1 aromatic rings. The fourth-order valence-electron chi connectivity index (χ4n) is 2.76. The molecule has 24 heavy (non-hydrogen) atoms. The highest BCUT2D eigenvalue weighted by molar-refractivity contribution is 7.80. The Morgan fingerprint density at radius 1 is 1.38 bits per heavy atom. The Bertz CT molecular complexity index is 687. The molecular formula is C15H19ClN6OS. The van der Waals surface area contributed by atoms with Crippen molar-refractivity contribution < 1.29 is 4.79 Å². The van der Waals surface area contributed by atoms with E-state index >= 15 is 0 Å². The fraction of sp³-hybridized carbons (Fsp3) is 0.467. The van der Waals surface area contributed by atoms with E-state index in [4.69, 9.17) is 23.8 Å². The van der Waals surface area contributed by atoms with Gasteiger partial charge in [-0.05, 0) is 18.3 Å². The number of nitrogens with zero attached hydrogens (tertiary/aromatic N) is 4. The van der Waals surface area contributed by atoms with Crippen LogP contribution in [0.3, 0.4) is 0 Å². The molecule has 0 aliphatic carbocycles. The molecule has 3 heterocycles. The Morgan fingerprint density at radius 2 is 2.08 bits per heavy atom. The van der Waals surface area contributed by atoms with Crippen LogP contribution in [-0.4, -0.2) is 64.2 Å². The number of pyridine rings is 1. The second kappa shape index (κ2) is 7.31. The molecule has 2 aliphatic rings. The molecule has 128 valence electrons. The normalized spacial score (nSPS) is 18.8. The molecule has 1 saturated heterocycles. The second-order valence-electron chi connectivity index (χ2n) is 5.70. The van der Waals surface area contributed by atoms with Crippen molar-refractivity contribution in [1.29, 1.82) is 0 Å². The highest BCUT2D eigenvalue weighted by Crippen LogP contribution is 2.23. The summed E-state index contributed by atoms with van der Waals surface area (Å²) in [6.45, 7) is 5.15. The smallest absolute Gasteiger partial charge is 0.219 e. The summed E-state index contributed by atoms with van der Waals surface area (Å²) in [5.41, 5.74) is 5.49. The van der Waals surface area contributed by atoms with Crippen molar-refractivity contribution in [3.63, 3.8) is 0 Å². The number of piperazine rings is 1. The summed E-state index contributed by atoms with van der Waals surface area (Å²) in [6, 6.07) is 1.85. The molecule has 3 rings (SSSR count). The van der Waals surface area contributed by atoms with Gasteiger partial charge in [-0.1, -0.05) is 11.6 Å². The summed E-state index contributed by atoms with van der Waals surface area (Å²) < 4.78 is 0. The van der Waals surface area contributed by atoms with E-state index in [0.29, 0.717) is 36.3 Å². The van der Waals surface area contributed by atoms with Gasteiger partial charge in [-0.3, -0.25) is 15.2 Å². The monoisotopic (exact) mass is 366 g/mol. The van der Waals surface area contributed by atoms with Crippen LogP contribution < -0.4 is 10.7 Å². The number of thiocarbonyl (C=S) groups is 1. The average molecular weight is 367 g/mol. The molecule has 0 radical (unpaired) electrons. The molecule has 7 nitrogen and oxygen atoms in total. The third-order valence-corrected chi connectivity index (χ3v) is 4.66. The van der Waals surface area contributed by atoms with E-state index in [9.17, 15) is 4.79 Å². The summed E-state index contributed by atoms with van der Waals surface area (Å²) in [5.74, 6) is 0.102. The summed E-state index contributed by atoms with van der Waals surface area (Å²) in [6.07, 6.45) is 2.37. The average Bonchev–Trinajstić information content (AvgIpc) is 2.59. The molecule has 0 saturated carbocycles. The minimum absolute atomic E-state index is 0.102. The van der Waals surface area contributed by atoms with Gasteiger partial charge in [0.05, 0.1) is 16.4 Å². The van der Waals surface area contributed by atoms with Crippen LogP contribution in [0.25, 0.3) is 0 Å². The van der Waals surface area contributed by atoms with Gasteiger partial charge in [0.25, 0.3) is 0 Å². The zero-order valence-electron chi connectivity index (χ0n) is 13.4. The second-order valence-corrected chi connectivity index (χ2v) is 6.52. The number of aromatic nitrogens is 1. The number of hydrogen-bond donors (Lipinski definition) is 2. The van der Waals surface area contributed by atoms with Gasteiger partial charge in [0.2, 0.25) is 5.91 Å². The summed E-state index contributed by atoms with van der Waals surface area (Å²) in [4.78, 5) is 19.6. The van der Waals surface area contributed by atoms with Crippen molar-refractivity contribution >= 4 is 46.2 Å². The molecule has 0 spiro atoms. The van der Waals surface area contributed by atoms with Crippen LogP contribution in [0.2, 0.25) is 5.02 Å². The lowest BCUT2D eigenvalue weighted by Crippen LogP contribution is -2.52. The molecule has 0 aromatic carbocycles. The van der Waals surface area contributed by atoms with Gasteiger partial charge in [0.15, 0.2) is 5.11 Å². The van der Waals surface area contributed by atoms with Crippen LogP contribution in [-0.2, 0) is 4.79 Å². The molecule has 1 aromatic heterocycles. The third kappa shape index (κ3) is 3.76. The molecular weight excluding hydrogens is 348 g/mol. The van der Waals surface area contributed by atoms with Gasteiger partial charge >= 0.3 is 0 Å². The van der Waals surface area contributed by atoms with E-state index in [-0.39, 0.29) is 5.91 Å². The van der Waals surface area contributed by atoms with Crippen molar-refractivity contribution in [2.24, 2.45) is 5.10 Å². The van der Waals surface area contributed by atoms with Crippen LogP contribution in [0.5, 0.6) is 0 Å². The predicted molar refractivity (Wildman–Crippen MR) is 98.5 cm³/mol. The third-order valence-electron chi connectivity index (χ3n) is 4.10. The van der Waals surface area contributed by atoms with E-state index in [2.05, 4.69) is 20.8 Å². The topological polar surface area (TPSA) is 72.9 Å². The number of amides is 1. The van der Waals surface area contributed by atoms with Crippen molar-refractivity contribution in [2.75, 3.05) is 38.0 Å². The molecule has 2 N–H and O–H groups in total. The first-order chi connectivity index (χ1) is 11.5. The number of hydrogen-bond acceptors (Lipinski definition) is 5. The summed E-state index contributed by atoms with van der Waals surface area (Å²) >= 11 is 11.4. The maximum absolute atomic E-state index is 11.4. The van der Waals surface area contributed by atoms with E-state index in [0.717, 1.165) is 30.1 Å². The zero-order valence-corrected chi connectivity index (χ0v) is 15.0. The number of nitrogens with one attached hydrogen (secondary N) is 2. The number of carbonyl (C=O) groups excluding carboxylic acids is 1. The lowest BCUT2D eigenvalue weighted by atomic mass is 10.1. The lowest BCUT2D eigenvalue weighted by molar-refractivity contribution is -0.130. The van der Waals surface area contributed by atoms with Crippen molar-refractivity contribution in [3.8, 4) is 0 Å². The van der Waals surface area contributed by atoms with Crippen LogP contribution in [0.4, 0.5) is 5.69 Å². The van der Waals surface area contributed by atoms with Gasteiger partial charge in [-0.15, -0.1) is 0 Å². The molecule has 0 atom stereocenters. The Hall–Kier alpha value is -1.93. The Labute approximate surface area is 151 Å². The first-order valence-electron chi connectivity index (χ1n) is 7.81. The maximum Gasteiger partial charge on any atom is 0.219 e. The van der Waals surface area contributed by atoms with E-state index < -0.39 is 0 Å². The molecule has 1 amide bonds. The number of fused-ring (bicyclic) bond motifs is 1. The van der Waals surface area contributed by atoms with Gasteiger partial charge in [-0.2, -0.15) is 5.10 Å². The van der Waals surface area contributed by atoms with Crippen LogP contribution in [0, 0.1) is 0 Å². The Morgan fingerprint density at radius 3 is 2.79 bits per heavy atom. The largest absolute Gasteiger partial charge is 0.383 e. The van der Waals surface area contributed by atoms with E-state index in [1.807, 2.05) is 15.9 Å². The van der Waals surface area contributed by atoms with E-state index in [1.165, 1.54) is 0 Å². The molecule has 1 fully saturated rings. The predicted octanol–water partition coefficient (Wildman–Crippen LogP) is 1.29. The molecule has 0 unspecified atom stereocenters. The first-order valence-corrected chi connectivity index (χ1v) is 8.60. The lowest BCUT2D eigenvalue weighted by Gasteiger charge is -2.35. The van der Waals surface area contributed by atoms with Gasteiger partial charge in [0.1, 0.15) is 5.69 Å². The number of rotatable bonds is 1. The number of hydrazone groups is 1. The molecule has 2 aliphatic heterocycles. The minimum Gasteiger partial charge on any atom is -0.383 e. The summed E-state index contributed by atoms with van der Waals surface area (Å²) in [5, 5.41) is 8.87. The fourth-order valence-corrected chi connectivity index (χ4v) is 3.14. The Balaban J connectivity index is 1.63. The quantitative estimate of drug-likeness (QED) is 0.576. The van der Waals surface area contributed by atoms with Crippen LogP contribution >= 0.6 is 23.8 Å². The highest BCUT2D eigenvalue weighted by atomic mass is 35.5. The van der Waals surface area contributed by atoms with Crippen molar-refractivity contribution in [1.82, 2.24) is 20.2 Å². The molecule has 9 heteroatoms.